The lowest BCUT2D eigenvalue weighted by Gasteiger charge is -2.38. The van der Waals surface area contributed by atoms with Crippen LogP contribution >= 0.6 is 0 Å². The van der Waals surface area contributed by atoms with Crippen LogP contribution in [0.5, 0.6) is 0 Å². The van der Waals surface area contributed by atoms with Gasteiger partial charge in [-0.2, -0.15) is 9.57 Å². The van der Waals surface area contributed by atoms with E-state index in [9.17, 15) is 18.5 Å². The summed E-state index contributed by atoms with van der Waals surface area (Å²) < 4.78 is 32.9. The van der Waals surface area contributed by atoms with Gasteiger partial charge >= 0.3 is 5.97 Å². The number of sulfonamides is 1. The van der Waals surface area contributed by atoms with Crippen molar-refractivity contribution in [2.45, 2.75) is 23.3 Å². The van der Waals surface area contributed by atoms with Crippen LogP contribution in [0.25, 0.3) is 0 Å². The molecule has 2 heterocycles. The number of fused-ring (bicyclic) bond motifs is 2. The molecular weight excluding hydrogens is 352 g/mol. The van der Waals surface area contributed by atoms with Crippen LogP contribution in [-0.4, -0.2) is 31.8 Å². The maximum Gasteiger partial charge on any atom is 0.339 e. The minimum Gasteiger partial charge on any atom is -0.450 e. The molecule has 0 aromatic heterocycles. The molecular formula is C19H16N2O4S. The molecule has 0 aliphatic carbocycles. The van der Waals surface area contributed by atoms with E-state index < -0.39 is 15.6 Å². The van der Waals surface area contributed by atoms with Gasteiger partial charge in [0.15, 0.2) is 0 Å². The average molecular weight is 368 g/mol. The summed E-state index contributed by atoms with van der Waals surface area (Å²) in [7, 11) is -3.77. The van der Waals surface area contributed by atoms with Crippen LogP contribution in [0.3, 0.4) is 0 Å². The molecule has 2 aliphatic rings. The lowest BCUT2D eigenvalue weighted by Crippen LogP contribution is -2.45. The molecule has 6 nitrogen and oxygen atoms in total. The second kappa shape index (κ2) is 5.94. The van der Waals surface area contributed by atoms with E-state index in [0.29, 0.717) is 18.4 Å². The predicted molar refractivity (Wildman–Crippen MR) is 92.7 cm³/mol. The van der Waals surface area contributed by atoms with Gasteiger partial charge in [-0.3, -0.25) is 0 Å². The van der Waals surface area contributed by atoms with Gasteiger partial charge in [0.05, 0.1) is 16.0 Å². The number of hydrogen-bond acceptors (Lipinski definition) is 5. The topological polar surface area (TPSA) is 87.5 Å². The van der Waals surface area contributed by atoms with Gasteiger partial charge < -0.3 is 4.74 Å². The predicted octanol–water partition coefficient (Wildman–Crippen LogP) is 2.41. The fourth-order valence-electron chi connectivity index (χ4n) is 3.73. The lowest BCUT2D eigenvalue weighted by atomic mass is 9.84. The van der Waals surface area contributed by atoms with E-state index in [4.69, 9.17) is 4.74 Å². The van der Waals surface area contributed by atoms with E-state index >= 15 is 0 Å². The smallest absolute Gasteiger partial charge is 0.339 e. The summed E-state index contributed by atoms with van der Waals surface area (Å²) in [5.74, 6) is -0.355. The monoisotopic (exact) mass is 368 g/mol. The summed E-state index contributed by atoms with van der Waals surface area (Å²) in [6.07, 6.45) is 0.785. The molecule has 0 bridgehead atoms. The standard InChI is InChI=1S/C19H16N2O4S/c20-13-14-5-1-4-8-17(14)26(23,24)21-11-9-19(10-12-21)16-7-3-2-6-15(16)18(22)25-19/h1-8H,9-12H2. The van der Waals surface area contributed by atoms with E-state index in [1.165, 1.54) is 16.4 Å². The van der Waals surface area contributed by atoms with E-state index in [1.807, 2.05) is 18.2 Å². The van der Waals surface area contributed by atoms with Crippen molar-refractivity contribution in [1.82, 2.24) is 4.31 Å². The first-order valence-electron chi connectivity index (χ1n) is 8.30. The van der Waals surface area contributed by atoms with E-state index in [-0.39, 0.29) is 29.5 Å². The zero-order valence-electron chi connectivity index (χ0n) is 13.9. The number of benzene rings is 2. The Bertz CT molecular complexity index is 1030. The molecule has 1 fully saturated rings. The largest absolute Gasteiger partial charge is 0.450 e. The second-order valence-electron chi connectivity index (χ2n) is 6.44. The van der Waals surface area contributed by atoms with Crippen LogP contribution in [0.1, 0.15) is 34.3 Å². The van der Waals surface area contributed by atoms with E-state index in [2.05, 4.69) is 0 Å². The Morgan fingerprint density at radius 1 is 1.04 bits per heavy atom. The fraction of sp³-hybridized carbons (Fsp3) is 0.263. The molecule has 0 radical (unpaired) electrons. The molecule has 2 aliphatic heterocycles. The molecule has 2 aromatic carbocycles. The van der Waals surface area contributed by atoms with Gasteiger partial charge in [-0.15, -0.1) is 0 Å². The zero-order valence-corrected chi connectivity index (χ0v) is 14.7. The number of nitriles is 1. The summed E-state index contributed by atoms with van der Waals surface area (Å²) in [6, 6.07) is 15.4. The molecule has 2 aromatic rings. The third kappa shape index (κ3) is 2.42. The summed E-state index contributed by atoms with van der Waals surface area (Å²) in [4.78, 5) is 12.1. The maximum atomic E-state index is 12.9. The molecule has 0 saturated carbocycles. The van der Waals surface area contributed by atoms with Crippen molar-refractivity contribution in [3.8, 4) is 6.07 Å². The molecule has 132 valence electrons. The highest BCUT2D eigenvalue weighted by Crippen LogP contribution is 2.44. The Kier molecular flexibility index (Phi) is 3.83. The van der Waals surface area contributed by atoms with Crippen molar-refractivity contribution in [3.05, 3.63) is 65.2 Å². The van der Waals surface area contributed by atoms with Crippen molar-refractivity contribution < 1.29 is 17.9 Å². The first-order chi connectivity index (χ1) is 12.5. The summed E-state index contributed by atoms with van der Waals surface area (Å²) in [6.45, 7) is 0.452. The Morgan fingerprint density at radius 2 is 1.69 bits per heavy atom. The van der Waals surface area contributed by atoms with Crippen LogP contribution in [-0.2, 0) is 20.4 Å². The van der Waals surface area contributed by atoms with Crippen LogP contribution in [0.2, 0.25) is 0 Å². The summed E-state index contributed by atoms with van der Waals surface area (Å²) in [5.41, 5.74) is 0.762. The van der Waals surface area contributed by atoms with Gasteiger partial charge in [0.25, 0.3) is 0 Å². The van der Waals surface area contributed by atoms with Gasteiger partial charge in [-0.25, -0.2) is 13.2 Å². The third-order valence-corrected chi connectivity index (χ3v) is 7.04. The molecule has 1 spiro atoms. The molecule has 26 heavy (non-hydrogen) atoms. The minimum atomic E-state index is -3.77. The van der Waals surface area contributed by atoms with Crippen molar-refractivity contribution >= 4 is 16.0 Å². The Morgan fingerprint density at radius 3 is 2.42 bits per heavy atom. The number of nitrogens with zero attached hydrogens (tertiary/aromatic N) is 2. The summed E-state index contributed by atoms with van der Waals surface area (Å²) in [5, 5.41) is 9.20. The quantitative estimate of drug-likeness (QED) is 0.760. The van der Waals surface area contributed by atoms with Gasteiger partial charge in [0.2, 0.25) is 10.0 Å². The molecule has 0 N–H and O–H groups in total. The molecule has 1 saturated heterocycles. The number of carbonyl (C=O) groups excluding carboxylic acids is 1. The Hall–Kier alpha value is -2.69. The van der Waals surface area contributed by atoms with Crippen LogP contribution < -0.4 is 0 Å². The van der Waals surface area contributed by atoms with Crippen molar-refractivity contribution in [3.63, 3.8) is 0 Å². The van der Waals surface area contributed by atoms with Gasteiger partial charge in [0.1, 0.15) is 11.7 Å². The minimum absolute atomic E-state index is 0.0160. The maximum absolute atomic E-state index is 12.9. The van der Waals surface area contributed by atoms with Crippen molar-refractivity contribution in [2.75, 3.05) is 13.1 Å². The number of ether oxygens (including phenoxy) is 1. The second-order valence-corrected chi connectivity index (χ2v) is 8.35. The van der Waals surface area contributed by atoms with Gasteiger partial charge in [0, 0.05) is 31.5 Å². The van der Waals surface area contributed by atoms with Crippen molar-refractivity contribution in [1.29, 1.82) is 5.26 Å². The fourth-order valence-corrected chi connectivity index (χ4v) is 5.31. The first kappa shape index (κ1) is 16.8. The molecule has 0 atom stereocenters. The van der Waals surface area contributed by atoms with Crippen LogP contribution in [0, 0.1) is 11.3 Å². The number of piperidine rings is 1. The molecule has 7 heteroatoms. The van der Waals surface area contributed by atoms with Crippen molar-refractivity contribution in [2.24, 2.45) is 0 Å². The first-order valence-corrected chi connectivity index (χ1v) is 9.74. The normalized spacial score (nSPS) is 19.0. The zero-order chi connectivity index (χ0) is 18.4. The SMILES string of the molecule is N#Cc1ccccc1S(=O)(=O)N1CCC2(CC1)OC(=O)c1ccccc12. The van der Waals surface area contributed by atoms with Gasteiger partial charge in [-0.1, -0.05) is 30.3 Å². The van der Waals surface area contributed by atoms with E-state index in [1.54, 1.807) is 24.3 Å². The van der Waals surface area contributed by atoms with Gasteiger partial charge in [-0.05, 0) is 18.2 Å². The van der Waals surface area contributed by atoms with Crippen LogP contribution in [0.15, 0.2) is 53.4 Å². The number of carbonyl (C=O) groups is 1. The lowest BCUT2D eigenvalue weighted by molar-refractivity contribution is -0.0329. The van der Waals surface area contributed by atoms with E-state index in [0.717, 1.165) is 5.56 Å². The molecule has 0 unspecified atom stereocenters. The Labute approximate surface area is 151 Å². The summed E-state index contributed by atoms with van der Waals surface area (Å²) >= 11 is 0. The molecule has 4 rings (SSSR count). The highest BCUT2D eigenvalue weighted by atomic mass is 32.2. The van der Waals surface area contributed by atoms with Crippen LogP contribution in [0.4, 0.5) is 0 Å². The highest BCUT2D eigenvalue weighted by molar-refractivity contribution is 7.89. The number of rotatable bonds is 2. The highest BCUT2D eigenvalue weighted by Gasteiger charge is 2.48. The number of hydrogen-bond donors (Lipinski definition) is 0. The number of esters is 1. The third-order valence-electron chi connectivity index (χ3n) is 5.08. The Balaban J connectivity index is 1.62. The average Bonchev–Trinajstić information content (AvgIpc) is 2.94. The molecule has 0 amide bonds.